The molecule has 1 aromatic carbocycles. The molecular formula is C17H24BrNO2. The van der Waals surface area contributed by atoms with Crippen molar-refractivity contribution >= 4 is 21.8 Å². The Hall–Kier alpha value is -0.870. The zero-order valence-electron chi connectivity index (χ0n) is 12.5. The first kappa shape index (κ1) is 16.5. The number of carbonyl (C=O) groups is 1. The van der Waals surface area contributed by atoms with Crippen molar-refractivity contribution in [3.05, 3.63) is 34.3 Å². The largest absolute Gasteiger partial charge is 0.393 e. The number of carbonyl (C=O) groups excluding carboxylic acids is 1. The van der Waals surface area contributed by atoms with Crippen molar-refractivity contribution in [3.63, 3.8) is 0 Å². The lowest BCUT2D eigenvalue weighted by atomic mass is 9.87. The molecular weight excluding hydrogens is 330 g/mol. The molecule has 2 N–H and O–H groups in total. The minimum atomic E-state index is -0.130. The molecule has 1 amide bonds. The number of aliphatic hydroxyl groups excluding tert-OH is 1. The minimum absolute atomic E-state index is 0.122. The van der Waals surface area contributed by atoms with Crippen LogP contribution < -0.4 is 5.32 Å². The average molecular weight is 354 g/mol. The molecule has 1 aromatic rings. The van der Waals surface area contributed by atoms with Crippen LogP contribution in [0.2, 0.25) is 0 Å². The van der Waals surface area contributed by atoms with Gasteiger partial charge >= 0.3 is 0 Å². The van der Waals surface area contributed by atoms with E-state index in [1.807, 2.05) is 12.1 Å². The standard InChI is InChI=1S/C17H24BrNO2/c1-12(14-4-6-15(18)7-5-14)10-17(21)19-11-13-2-8-16(20)9-3-13/h4-7,12-13,16,20H,2-3,8-11H2,1H3,(H,19,21). The molecule has 1 unspecified atom stereocenters. The first-order valence-corrected chi connectivity index (χ1v) is 8.54. The fourth-order valence-corrected chi connectivity index (χ4v) is 3.13. The lowest BCUT2D eigenvalue weighted by molar-refractivity contribution is -0.121. The molecule has 4 heteroatoms. The number of amides is 1. The van der Waals surface area contributed by atoms with Crippen LogP contribution in [0.5, 0.6) is 0 Å². The van der Waals surface area contributed by atoms with Crippen molar-refractivity contribution in [2.45, 2.75) is 51.0 Å². The predicted octanol–water partition coefficient (Wildman–Crippen LogP) is 3.61. The Kier molecular flexibility index (Phi) is 6.24. The van der Waals surface area contributed by atoms with E-state index in [1.165, 1.54) is 5.56 Å². The molecule has 1 saturated carbocycles. The number of halogens is 1. The molecule has 0 aliphatic heterocycles. The van der Waals surface area contributed by atoms with Crippen LogP contribution in [0.1, 0.15) is 50.5 Å². The number of hydrogen-bond donors (Lipinski definition) is 2. The summed E-state index contributed by atoms with van der Waals surface area (Å²) < 4.78 is 1.06. The smallest absolute Gasteiger partial charge is 0.220 e. The topological polar surface area (TPSA) is 49.3 Å². The van der Waals surface area contributed by atoms with Crippen LogP contribution in [0.4, 0.5) is 0 Å². The van der Waals surface area contributed by atoms with Gasteiger partial charge in [0.2, 0.25) is 5.91 Å². The lowest BCUT2D eigenvalue weighted by Crippen LogP contribution is -2.32. The highest BCUT2D eigenvalue weighted by Gasteiger charge is 2.20. The van der Waals surface area contributed by atoms with Crippen molar-refractivity contribution < 1.29 is 9.90 Å². The highest BCUT2D eigenvalue weighted by Crippen LogP contribution is 2.24. The summed E-state index contributed by atoms with van der Waals surface area (Å²) in [5.41, 5.74) is 1.19. The zero-order valence-corrected chi connectivity index (χ0v) is 14.1. The highest BCUT2D eigenvalue weighted by atomic mass is 79.9. The quantitative estimate of drug-likeness (QED) is 0.849. The first-order valence-electron chi connectivity index (χ1n) is 7.75. The average Bonchev–Trinajstić information content (AvgIpc) is 2.47. The third kappa shape index (κ3) is 5.44. The van der Waals surface area contributed by atoms with E-state index in [2.05, 4.69) is 40.3 Å². The summed E-state index contributed by atoms with van der Waals surface area (Å²) in [6.45, 7) is 2.83. The van der Waals surface area contributed by atoms with Gasteiger partial charge in [-0.2, -0.15) is 0 Å². The maximum atomic E-state index is 12.0. The summed E-state index contributed by atoms with van der Waals surface area (Å²) in [5, 5.41) is 12.5. The monoisotopic (exact) mass is 353 g/mol. The fraction of sp³-hybridized carbons (Fsp3) is 0.588. The van der Waals surface area contributed by atoms with Crippen LogP contribution in [0.15, 0.2) is 28.7 Å². The van der Waals surface area contributed by atoms with Crippen molar-refractivity contribution in [2.24, 2.45) is 5.92 Å². The molecule has 1 fully saturated rings. The molecule has 0 saturated heterocycles. The van der Waals surface area contributed by atoms with Gasteiger partial charge < -0.3 is 10.4 Å². The number of benzene rings is 1. The lowest BCUT2D eigenvalue weighted by Gasteiger charge is -2.25. The van der Waals surface area contributed by atoms with Gasteiger partial charge in [0.25, 0.3) is 0 Å². The van der Waals surface area contributed by atoms with Gasteiger partial charge in [-0.05, 0) is 55.2 Å². The highest BCUT2D eigenvalue weighted by molar-refractivity contribution is 9.10. The van der Waals surface area contributed by atoms with Crippen LogP contribution in [-0.4, -0.2) is 23.7 Å². The molecule has 116 valence electrons. The van der Waals surface area contributed by atoms with E-state index >= 15 is 0 Å². The molecule has 1 aliphatic carbocycles. The Morgan fingerprint density at radius 2 is 1.90 bits per heavy atom. The SMILES string of the molecule is CC(CC(=O)NCC1CCC(O)CC1)c1ccc(Br)cc1. The van der Waals surface area contributed by atoms with Crippen molar-refractivity contribution in [2.75, 3.05) is 6.54 Å². The second kappa shape index (κ2) is 7.95. The van der Waals surface area contributed by atoms with Gasteiger partial charge in [-0.25, -0.2) is 0 Å². The number of rotatable bonds is 5. The van der Waals surface area contributed by atoms with Gasteiger partial charge in [-0.15, -0.1) is 0 Å². The van der Waals surface area contributed by atoms with E-state index in [4.69, 9.17) is 0 Å². The van der Waals surface area contributed by atoms with Gasteiger partial charge in [-0.3, -0.25) is 4.79 Å². The zero-order chi connectivity index (χ0) is 15.2. The van der Waals surface area contributed by atoms with Crippen LogP contribution in [0.25, 0.3) is 0 Å². The molecule has 0 spiro atoms. The maximum Gasteiger partial charge on any atom is 0.220 e. The first-order chi connectivity index (χ1) is 10.0. The van der Waals surface area contributed by atoms with E-state index in [0.717, 1.165) is 36.7 Å². The number of hydrogen-bond acceptors (Lipinski definition) is 2. The second-order valence-corrected chi connectivity index (χ2v) is 7.05. The number of aliphatic hydroxyl groups is 1. The van der Waals surface area contributed by atoms with Crippen molar-refractivity contribution in [1.29, 1.82) is 0 Å². The molecule has 0 bridgehead atoms. The van der Waals surface area contributed by atoms with Gasteiger partial charge in [0.15, 0.2) is 0 Å². The van der Waals surface area contributed by atoms with E-state index in [1.54, 1.807) is 0 Å². The van der Waals surface area contributed by atoms with Crippen LogP contribution >= 0.6 is 15.9 Å². The normalized spacial score (nSPS) is 23.6. The molecule has 0 heterocycles. The Bertz CT molecular complexity index is 452. The summed E-state index contributed by atoms with van der Waals surface area (Å²) in [7, 11) is 0. The van der Waals surface area contributed by atoms with Crippen LogP contribution in [0, 0.1) is 5.92 Å². The summed E-state index contributed by atoms with van der Waals surface area (Å²) in [5.74, 6) is 0.878. The third-order valence-electron chi connectivity index (χ3n) is 4.33. The summed E-state index contributed by atoms with van der Waals surface area (Å²) >= 11 is 3.42. The molecule has 21 heavy (non-hydrogen) atoms. The summed E-state index contributed by atoms with van der Waals surface area (Å²) in [6, 6.07) is 8.14. The second-order valence-electron chi connectivity index (χ2n) is 6.14. The predicted molar refractivity (Wildman–Crippen MR) is 88.1 cm³/mol. The third-order valence-corrected chi connectivity index (χ3v) is 4.86. The van der Waals surface area contributed by atoms with Crippen molar-refractivity contribution in [3.8, 4) is 0 Å². The number of nitrogens with one attached hydrogen (secondary N) is 1. The molecule has 0 radical (unpaired) electrons. The van der Waals surface area contributed by atoms with Gasteiger partial charge in [0.1, 0.15) is 0 Å². The molecule has 0 aromatic heterocycles. The van der Waals surface area contributed by atoms with E-state index in [9.17, 15) is 9.90 Å². The fourth-order valence-electron chi connectivity index (χ4n) is 2.87. The Morgan fingerprint density at radius 1 is 1.29 bits per heavy atom. The Labute approximate surface area is 135 Å². The van der Waals surface area contributed by atoms with Gasteiger partial charge in [-0.1, -0.05) is 35.0 Å². The molecule has 1 aliphatic rings. The van der Waals surface area contributed by atoms with E-state index in [0.29, 0.717) is 12.3 Å². The molecule has 3 nitrogen and oxygen atoms in total. The molecule has 1 atom stereocenters. The summed E-state index contributed by atoms with van der Waals surface area (Å²) in [4.78, 5) is 12.0. The van der Waals surface area contributed by atoms with Crippen molar-refractivity contribution in [1.82, 2.24) is 5.32 Å². The van der Waals surface area contributed by atoms with E-state index < -0.39 is 0 Å². The maximum absolute atomic E-state index is 12.0. The summed E-state index contributed by atoms with van der Waals surface area (Å²) in [6.07, 6.45) is 4.17. The minimum Gasteiger partial charge on any atom is -0.393 e. The van der Waals surface area contributed by atoms with Crippen LogP contribution in [-0.2, 0) is 4.79 Å². The Morgan fingerprint density at radius 3 is 2.52 bits per heavy atom. The van der Waals surface area contributed by atoms with Gasteiger partial charge in [0, 0.05) is 17.4 Å². The van der Waals surface area contributed by atoms with Gasteiger partial charge in [0.05, 0.1) is 6.10 Å². The molecule has 2 rings (SSSR count). The Balaban J connectivity index is 1.72. The van der Waals surface area contributed by atoms with E-state index in [-0.39, 0.29) is 17.9 Å². The van der Waals surface area contributed by atoms with Crippen LogP contribution in [0.3, 0.4) is 0 Å².